The van der Waals surface area contributed by atoms with Crippen molar-refractivity contribution in [1.82, 2.24) is 5.32 Å². The fourth-order valence-corrected chi connectivity index (χ4v) is 4.39. The van der Waals surface area contributed by atoms with Gasteiger partial charge in [0.1, 0.15) is 22.2 Å². The predicted molar refractivity (Wildman–Crippen MR) is 83.4 cm³/mol. The second kappa shape index (κ2) is 6.83. The average molecular weight is 348 g/mol. The van der Waals surface area contributed by atoms with Gasteiger partial charge in [-0.2, -0.15) is 0 Å². The lowest BCUT2D eigenvalue weighted by Crippen LogP contribution is -2.11. The molecule has 0 amide bonds. The molecular formula is C14H15Cl2NO3S. The number of rotatable bonds is 6. The average Bonchev–Trinajstić information content (AvgIpc) is 2.82. The summed E-state index contributed by atoms with van der Waals surface area (Å²) >= 11 is 11.9. The first kappa shape index (κ1) is 16.4. The van der Waals surface area contributed by atoms with E-state index in [1.54, 1.807) is 18.2 Å². The molecule has 0 unspecified atom stereocenters. The number of hydrogen-bond acceptors (Lipinski definition) is 4. The minimum atomic E-state index is -3.66. The molecule has 4 nitrogen and oxygen atoms in total. The highest BCUT2D eigenvalue weighted by Gasteiger charge is 2.23. The van der Waals surface area contributed by atoms with Crippen molar-refractivity contribution in [3.63, 3.8) is 0 Å². The van der Waals surface area contributed by atoms with Gasteiger partial charge in [0.2, 0.25) is 0 Å². The molecule has 0 aliphatic carbocycles. The molecule has 7 heteroatoms. The Kier molecular flexibility index (Phi) is 5.32. The minimum absolute atomic E-state index is 0.0574. The second-order valence-corrected chi connectivity index (χ2v) is 7.20. The van der Waals surface area contributed by atoms with Crippen molar-refractivity contribution in [2.24, 2.45) is 0 Å². The maximum absolute atomic E-state index is 12.4. The van der Waals surface area contributed by atoms with Crippen LogP contribution in [0.2, 0.25) is 10.0 Å². The Morgan fingerprint density at radius 2 is 1.71 bits per heavy atom. The smallest absolute Gasteiger partial charge is 0.188 e. The topological polar surface area (TPSA) is 59.3 Å². The highest BCUT2D eigenvalue weighted by molar-refractivity contribution is 7.90. The van der Waals surface area contributed by atoms with E-state index in [0.717, 1.165) is 6.54 Å². The largest absolute Gasteiger partial charge is 0.464 e. The summed E-state index contributed by atoms with van der Waals surface area (Å²) in [5.41, 5.74) is 0. The van der Waals surface area contributed by atoms with Gasteiger partial charge < -0.3 is 9.73 Å². The van der Waals surface area contributed by atoms with E-state index in [1.165, 1.54) is 12.1 Å². The van der Waals surface area contributed by atoms with Crippen LogP contribution in [0.25, 0.3) is 0 Å². The zero-order chi connectivity index (χ0) is 15.5. The van der Waals surface area contributed by atoms with Crippen LogP contribution in [0.15, 0.2) is 39.6 Å². The fourth-order valence-electron chi connectivity index (χ4n) is 1.88. The summed E-state index contributed by atoms with van der Waals surface area (Å²) in [6, 6.07) is 8.00. The van der Waals surface area contributed by atoms with Crippen LogP contribution in [0.3, 0.4) is 0 Å². The van der Waals surface area contributed by atoms with Crippen molar-refractivity contribution >= 4 is 33.0 Å². The Bertz CT molecular complexity index is 705. The van der Waals surface area contributed by atoms with Gasteiger partial charge in [-0.1, -0.05) is 36.2 Å². The highest BCUT2D eigenvalue weighted by Crippen LogP contribution is 2.31. The molecule has 0 bridgehead atoms. The molecule has 0 saturated heterocycles. The summed E-state index contributed by atoms with van der Waals surface area (Å²) < 4.78 is 30.3. The second-order valence-electron chi connectivity index (χ2n) is 4.46. The van der Waals surface area contributed by atoms with Crippen LogP contribution >= 0.6 is 23.2 Å². The molecule has 2 rings (SSSR count). The number of benzene rings is 1. The highest BCUT2D eigenvalue weighted by atomic mass is 35.5. The SMILES string of the molecule is CCNCc1ccc(CS(=O)(=O)c2c(Cl)cccc2Cl)o1. The lowest BCUT2D eigenvalue weighted by atomic mass is 10.4. The van der Waals surface area contributed by atoms with E-state index in [-0.39, 0.29) is 20.7 Å². The molecule has 0 aliphatic rings. The summed E-state index contributed by atoms with van der Waals surface area (Å²) in [6.45, 7) is 3.35. The summed E-state index contributed by atoms with van der Waals surface area (Å²) in [6.07, 6.45) is 0. The number of sulfone groups is 1. The van der Waals surface area contributed by atoms with E-state index in [9.17, 15) is 8.42 Å². The number of hydrogen-bond donors (Lipinski definition) is 1. The molecule has 0 atom stereocenters. The van der Waals surface area contributed by atoms with E-state index in [4.69, 9.17) is 27.6 Å². The van der Waals surface area contributed by atoms with Crippen molar-refractivity contribution in [3.8, 4) is 0 Å². The van der Waals surface area contributed by atoms with Crippen LogP contribution in [0.4, 0.5) is 0 Å². The number of nitrogens with one attached hydrogen (secondary N) is 1. The molecule has 0 aliphatic heterocycles. The molecule has 21 heavy (non-hydrogen) atoms. The Balaban J connectivity index is 2.23. The van der Waals surface area contributed by atoms with Gasteiger partial charge in [0.25, 0.3) is 0 Å². The lowest BCUT2D eigenvalue weighted by molar-refractivity contribution is 0.459. The van der Waals surface area contributed by atoms with Crippen LogP contribution in [0.1, 0.15) is 18.4 Å². The summed E-state index contributed by atoms with van der Waals surface area (Å²) in [4.78, 5) is -0.0574. The molecule has 1 aromatic carbocycles. The first-order valence-corrected chi connectivity index (χ1v) is 8.80. The van der Waals surface area contributed by atoms with E-state index in [1.807, 2.05) is 6.92 Å². The first-order chi connectivity index (χ1) is 9.94. The van der Waals surface area contributed by atoms with Gasteiger partial charge in [0.05, 0.1) is 16.6 Å². The van der Waals surface area contributed by atoms with Gasteiger partial charge in [-0.15, -0.1) is 0 Å². The fraction of sp³-hybridized carbons (Fsp3) is 0.286. The summed E-state index contributed by atoms with van der Waals surface area (Å²) in [7, 11) is -3.66. The summed E-state index contributed by atoms with van der Waals surface area (Å²) in [5.74, 6) is 0.772. The monoisotopic (exact) mass is 347 g/mol. The maximum Gasteiger partial charge on any atom is 0.188 e. The zero-order valence-electron chi connectivity index (χ0n) is 11.4. The number of furan rings is 1. The number of halogens is 2. The minimum Gasteiger partial charge on any atom is -0.464 e. The molecule has 1 aromatic heterocycles. The van der Waals surface area contributed by atoms with Crippen LogP contribution in [0, 0.1) is 0 Å². The zero-order valence-corrected chi connectivity index (χ0v) is 13.7. The Labute approximate surface area is 134 Å². The molecule has 0 radical (unpaired) electrons. The Morgan fingerprint density at radius 3 is 2.33 bits per heavy atom. The van der Waals surface area contributed by atoms with Gasteiger partial charge >= 0.3 is 0 Å². The van der Waals surface area contributed by atoms with Gasteiger partial charge in [0.15, 0.2) is 9.84 Å². The first-order valence-electron chi connectivity index (χ1n) is 6.39. The van der Waals surface area contributed by atoms with Crippen LogP contribution in [-0.2, 0) is 22.1 Å². The molecule has 1 N–H and O–H groups in total. The molecular weight excluding hydrogens is 333 g/mol. The van der Waals surface area contributed by atoms with Crippen molar-refractivity contribution in [1.29, 1.82) is 0 Å². The molecule has 2 aromatic rings. The molecule has 0 saturated carbocycles. The van der Waals surface area contributed by atoms with Crippen molar-refractivity contribution in [2.75, 3.05) is 6.54 Å². The Morgan fingerprint density at radius 1 is 1.10 bits per heavy atom. The van der Waals surface area contributed by atoms with Crippen LogP contribution in [0.5, 0.6) is 0 Å². The van der Waals surface area contributed by atoms with E-state index in [0.29, 0.717) is 18.1 Å². The quantitative estimate of drug-likeness (QED) is 0.865. The van der Waals surface area contributed by atoms with E-state index in [2.05, 4.69) is 5.32 Å². The molecule has 0 spiro atoms. The van der Waals surface area contributed by atoms with Gasteiger partial charge in [-0.3, -0.25) is 0 Å². The standard InChI is InChI=1S/C14H15Cl2NO3S/c1-2-17-8-10-6-7-11(20-10)9-21(18,19)14-12(15)4-3-5-13(14)16/h3-7,17H,2,8-9H2,1H3. The molecule has 1 heterocycles. The van der Waals surface area contributed by atoms with Crippen molar-refractivity contribution in [2.45, 2.75) is 24.1 Å². The van der Waals surface area contributed by atoms with Gasteiger partial charge in [-0.05, 0) is 30.8 Å². The summed E-state index contributed by atoms with van der Waals surface area (Å²) in [5, 5.41) is 3.33. The van der Waals surface area contributed by atoms with Crippen molar-refractivity contribution in [3.05, 3.63) is 51.9 Å². The molecule has 114 valence electrons. The third-order valence-corrected chi connectivity index (χ3v) is 5.41. The van der Waals surface area contributed by atoms with Crippen molar-refractivity contribution < 1.29 is 12.8 Å². The van der Waals surface area contributed by atoms with Gasteiger partial charge in [0, 0.05) is 0 Å². The third kappa shape index (κ3) is 4.01. The molecule has 0 fully saturated rings. The lowest BCUT2D eigenvalue weighted by Gasteiger charge is -2.07. The van der Waals surface area contributed by atoms with Crippen LogP contribution in [-0.4, -0.2) is 15.0 Å². The van der Waals surface area contributed by atoms with Gasteiger partial charge in [-0.25, -0.2) is 8.42 Å². The van der Waals surface area contributed by atoms with Crippen LogP contribution < -0.4 is 5.32 Å². The maximum atomic E-state index is 12.4. The van der Waals surface area contributed by atoms with E-state index < -0.39 is 9.84 Å². The third-order valence-electron chi connectivity index (χ3n) is 2.83. The predicted octanol–water partition coefficient (Wildman–Crippen LogP) is 3.67. The Hall–Kier alpha value is -1.01. The van der Waals surface area contributed by atoms with E-state index >= 15 is 0 Å². The normalized spacial score (nSPS) is 11.8.